The molecule has 1 fully saturated rings. The number of aliphatic carboxylic acids is 1. The van der Waals surface area contributed by atoms with Gasteiger partial charge in [-0.25, -0.2) is 0 Å². The van der Waals surface area contributed by atoms with Gasteiger partial charge in [0.05, 0.1) is 18.1 Å². The Bertz CT molecular complexity index is 238. The molecule has 1 saturated carbocycles. The van der Waals surface area contributed by atoms with E-state index in [0.717, 1.165) is 25.7 Å². The predicted octanol–water partition coefficient (Wildman–Crippen LogP) is 0.0589. The van der Waals surface area contributed by atoms with Crippen LogP contribution in [0, 0.1) is 0 Å². The van der Waals surface area contributed by atoms with Gasteiger partial charge in [-0.05, 0) is 19.9 Å². The Hall–Kier alpha value is -0.650. The summed E-state index contributed by atoms with van der Waals surface area (Å²) in [5.41, 5.74) is -0.641. The van der Waals surface area contributed by atoms with Gasteiger partial charge in [0.15, 0.2) is 0 Å². The van der Waals surface area contributed by atoms with Crippen molar-refractivity contribution in [2.24, 2.45) is 0 Å². The average Bonchev–Trinajstić information content (AvgIpc) is 2.48. The number of likely N-dealkylation sites (N-methyl/N-ethyl adjacent to an activating group) is 1. The highest BCUT2D eigenvalue weighted by molar-refractivity contribution is 5.67. The summed E-state index contributed by atoms with van der Waals surface area (Å²) in [4.78, 5) is 12.2. The molecule has 1 atom stereocenters. The Labute approximate surface area is 95.7 Å². The van der Waals surface area contributed by atoms with Crippen molar-refractivity contribution in [2.45, 2.75) is 43.8 Å². The molecule has 16 heavy (non-hydrogen) atoms. The van der Waals surface area contributed by atoms with Gasteiger partial charge in [-0.3, -0.25) is 4.79 Å². The summed E-state index contributed by atoms with van der Waals surface area (Å²) in [6.07, 6.45) is 2.57. The Morgan fingerprint density at radius 3 is 2.50 bits per heavy atom. The number of hydrogen-bond acceptors (Lipinski definition) is 4. The maximum Gasteiger partial charge on any atom is 0.306 e. The normalized spacial score (nSPS) is 21.2. The third-order valence-electron chi connectivity index (χ3n) is 3.03. The van der Waals surface area contributed by atoms with Crippen molar-refractivity contribution in [3.05, 3.63) is 0 Å². The molecular weight excluding hydrogens is 210 g/mol. The van der Waals surface area contributed by atoms with Gasteiger partial charge in [0.25, 0.3) is 0 Å². The first-order chi connectivity index (χ1) is 7.41. The maximum absolute atomic E-state index is 10.4. The zero-order valence-electron chi connectivity index (χ0n) is 9.72. The highest BCUT2D eigenvalue weighted by Crippen LogP contribution is 2.29. The molecule has 5 nitrogen and oxygen atoms in total. The number of carbonyl (C=O) groups is 1. The van der Waals surface area contributed by atoms with Gasteiger partial charge in [-0.1, -0.05) is 12.8 Å². The molecule has 1 aliphatic rings. The van der Waals surface area contributed by atoms with Crippen LogP contribution in [0.2, 0.25) is 0 Å². The van der Waals surface area contributed by atoms with E-state index in [1.54, 1.807) is 11.9 Å². The Balaban J connectivity index is 2.29. The lowest BCUT2D eigenvalue weighted by atomic mass is 10.0. The molecule has 0 saturated heterocycles. The van der Waals surface area contributed by atoms with E-state index < -0.39 is 17.7 Å². The minimum Gasteiger partial charge on any atom is -0.481 e. The number of aliphatic hydroxyl groups excluding tert-OH is 1. The van der Waals surface area contributed by atoms with Crippen LogP contribution in [0.4, 0.5) is 0 Å². The number of carboxylic acids is 1. The number of hydrogen-bond donors (Lipinski definition) is 3. The molecule has 0 bridgehead atoms. The van der Waals surface area contributed by atoms with Crippen molar-refractivity contribution in [1.82, 2.24) is 4.90 Å². The highest BCUT2D eigenvalue weighted by Gasteiger charge is 2.32. The van der Waals surface area contributed by atoms with E-state index in [0.29, 0.717) is 6.54 Å². The van der Waals surface area contributed by atoms with E-state index in [2.05, 4.69) is 0 Å². The second-order valence-electron chi connectivity index (χ2n) is 4.88. The molecule has 0 aromatic heterocycles. The SMILES string of the molecule is CN(CC(O)CC(=O)O)CC1(O)CCCC1. The quantitative estimate of drug-likeness (QED) is 0.602. The molecule has 0 spiro atoms. The lowest BCUT2D eigenvalue weighted by Gasteiger charge is -2.29. The molecular formula is C11H21NO4. The van der Waals surface area contributed by atoms with Gasteiger partial charge in [0.1, 0.15) is 0 Å². The van der Waals surface area contributed by atoms with Gasteiger partial charge < -0.3 is 20.2 Å². The highest BCUT2D eigenvalue weighted by atomic mass is 16.4. The fourth-order valence-corrected chi connectivity index (χ4v) is 2.38. The molecule has 5 heteroatoms. The number of rotatable bonds is 6. The fourth-order valence-electron chi connectivity index (χ4n) is 2.38. The Morgan fingerprint density at radius 1 is 1.44 bits per heavy atom. The molecule has 1 aliphatic carbocycles. The molecule has 94 valence electrons. The first kappa shape index (κ1) is 13.4. The predicted molar refractivity (Wildman–Crippen MR) is 59.2 cm³/mol. The number of aliphatic hydroxyl groups is 2. The van der Waals surface area contributed by atoms with Crippen molar-refractivity contribution in [1.29, 1.82) is 0 Å². The minimum absolute atomic E-state index is 0.247. The van der Waals surface area contributed by atoms with Gasteiger partial charge in [-0.2, -0.15) is 0 Å². The van der Waals surface area contributed by atoms with Crippen molar-refractivity contribution >= 4 is 5.97 Å². The summed E-state index contributed by atoms with van der Waals surface area (Å²) >= 11 is 0. The van der Waals surface area contributed by atoms with E-state index >= 15 is 0 Å². The smallest absolute Gasteiger partial charge is 0.306 e. The molecule has 3 N–H and O–H groups in total. The van der Waals surface area contributed by atoms with Gasteiger partial charge in [0, 0.05) is 13.1 Å². The van der Waals surface area contributed by atoms with Gasteiger partial charge in [-0.15, -0.1) is 0 Å². The zero-order valence-corrected chi connectivity index (χ0v) is 9.72. The van der Waals surface area contributed by atoms with E-state index in [-0.39, 0.29) is 13.0 Å². The molecule has 0 aromatic rings. The summed E-state index contributed by atoms with van der Waals surface area (Å²) < 4.78 is 0. The van der Waals surface area contributed by atoms with E-state index in [1.807, 2.05) is 0 Å². The Morgan fingerprint density at radius 2 is 2.00 bits per heavy atom. The van der Waals surface area contributed by atoms with Crippen LogP contribution in [-0.2, 0) is 4.79 Å². The summed E-state index contributed by atoms with van der Waals surface area (Å²) in [5, 5.41) is 28.1. The molecule has 0 aliphatic heterocycles. The first-order valence-corrected chi connectivity index (χ1v) is 5.72. The topological polar surface area (TPSA) is 81.0 Å². The lowest BCUT2D eigenvalue weighted by molar-refractivity contribution is -0.139. The molecule has 0 heterocycles. The van der Waals surface area contributed by atoms with Crippen LogP contribution in [0.1, 0.15) is 32.1 Å². The van der Waals surface area contributed by atoms with Crippen LogP contribution in [0.25, 0.3) is 0 Å². The average molecular weight is 231 g/mol. The number of carboxylic acid groups (broad SMARTS) is 1. The summed E-state index contributed by atoms with van der Waals surface area (Å²) in [5.74, 6) is -1.000. The standard InChI is InChI=1S/C11H21NO4/c1-12(7-9(13)6-10(14)15)8-11(16)4-2-3-5-11/h9,13,16H,2-8H2,1H3,(H,14,15). The third-order valence-corrected chi connectivity index (χ3v) is 3.03. The van der Waals surface area contributed by atoms with E-state index in [4.69, 9.17) is 5.11 Å². The first-order valence-electron chi connectivity index (χ1n) is 5.72. The van der Waals surface area contributed by atoms with E-state index in [9.17, 15) is 15.0 Å². The molecule has 1 unspecified atom stereocenters. The maximum atomic E-state index is 10.4. The van der Waals surface area contributed by atoms with Crippen molar-refractivity contribution < 1.29 is 20.1 Å². The van der Waals surface area contributed by atoms with E-state index in [1.165, 1.54) is 0 Å². The largest absolute Gasteiger partial charge is 0.481 e. The monoisotopic (exact) mass is 231 g/mol. The van der Waals surface area contributed by atoms with Crippen molar-refractivity contribution in [3.63, 3.8) is 0 Å². The Kier molecular flexibility index (Phi) is 4.70. The second-order valence-corrected chi connectivity index (χ2v) is 4.88. The second kappa shape index (κ2) is 5.61. The summed E-state index contributed by atoms with van der Waals surface area (Å²) in [6.45, 7) is 0.790. The molecule has 1 rings (SSSR count). The van der Waals surface area contributed by atoms with Crippen LogP contribution in [0.5, 0.6) is 0 Å². The van der Waals surface area contributed by atoms with Crippen LogP contribution in [-0.4, -0.2) is 58.0 Å². The van der Waals surface area contributed by atoms with Crippen molar-refractivity contribution in [2.75, 3.05) is 20.1 Å². The zero-order chi connectivity index (χ0) is 12.2. The molecule has 0 aromatic carbocycles. The number of nitrogens with zero attached hydrogens (tertiary/aromatic N) is 1. The van der Waals surface area contributed by atoms with Crippen molar-refractivity contribution in [3.8, 4) is 0 Å². The van der Waals surface area contributed by atoms with Crippen LogP contribution >= 0.6 is 0 Å². The molecule has 0 amide bonds. The molecule has 0 radical (unpaired) electrons. The van der Waals surface area contributed by atoms with Crippen LogP contribution < -0.4 is 0 Å². The lowest BCUT2D eigenvalue weighted by Crippen LogP contribution is -2.42. The summed E-state index contributed by atoms with van der Waals surface area (Å²) in [7, 11) is 1.79. The third kappa shape index (κ3) is 4.47. The van der Waals surface area contributed by atoms with Gasteiger partial charge in [0.2, 0.25) is 0 Å². The fraction of sp³-hybridized carbons (Fsp3) is 0.909. The van der Waals surface area contributed by atoms with Gasteiger partial charge >= 0.3 is 5.97 Å². The van der Waals surface area contributed by atoms with Crippen LogP contribution in [0.15, 0.2) is 0 Å². The summed E-state index contributed by atoms with van der Waals surface area (Å²) in [6, 6.07) is 0. The minimum atomic E-state index is -1.000. The van der Waals surface area contributed by atoms with Crippen LogP contribution in [0.3, 0.4) is 0 Å².